The lowest BCUT2D eigenvalue weighted by molar-refractivity contribution is -0.0612. The largest absolute Gasteiger partial charge is 0.451 e. The molecule has 0 aromatic heterocycles. The van der Waals surface area contributed by atoms with Crippen LogP contribution in [0.25, 0.3) is 0 Å². The van der Waals surface area contributed by atoms with Crippen LogP contribution in [0.4, 0.5) is 13.2 Å². The van der Waals surface area contributed by atoms with E-state index in [1.807, 2.05) is 5.32 Å². The van der Waals surface area contributed by atoms with Crippen molar-refractivity contribution < 1.29 is 13.2 Å². The first-order chi connectivity index (χ1) is 5.04. The van der Waals surface area contributed by atoms with Crippen LogP contribution in [0.2, 0.25) is 0 Å². The highest BCUT2D eigenvalue weighted by Gasteiger charge is 2.39. The van der Waals surface area contributed by atoms with Crippen molar-refractivity contribution in [3.8, 4) is 0 Å². The van der Waals surface area contributed by atoms with E-state index in [4.69, 9.17) is 0 Å². The number of nitrogens with zero attached hydrogens (tertiary/aromatic N) is 1. The van der Waals surface area contributed by atoms with Gasteiger partial charge in [0, 0.05) is 5.37 Å². The smallest absolute Gasteiger partial charge is 0.339 e. The van der Waals surface area contributed by atoms with E-state index in [2.05, 4.69) is 22.7 Å². The maximum absolute atomic E-state index is 11.8. The molecule has 3 nitrogen and oxygen atoms in total. The summed E-state index contributed by atoms with van der Waals surface area (Å²) < 4.78 is 35.4. The van der Waals surface area contributed by atoms with Gasteiger partial charge >= 0.3 is 6.18 Å². The Morgan fingerprint density at radius 3 is 2.45 bits per heavy atom. The fourth-order valence-electron chi connectivity index (χ4n) is 0.556. The molecule has 7 heteroatoms. The van der Waals surface area contributed by atoms with Crippen LogP contribution in [-0.4, -0.2) is 23.5 Å². The second-order valence-corrected chi connectivity index (χ2v) is 2.12. The highest BCUT2D eigenvalue weighted by molar-refractivity contribution is 7.79. The highest BCUT2D eigenvalue weighted by atomic mass is 32.1. The predicted molar refractivity (Wildman–Crippen MR) is 37.2 cm³/mol. The van der Waals surface area contributed by atoms with Crippen molar-refractivity contribution in [1.82, 2.24) is 10.7 Å². The fourth-order valence-corrected chi connectivity index (χ4v) is 0.685. The van der Waals surface area contributed by atoms with Crippen LogP contribution in [0.15, 0.2) is 5.10 Å². The Hall–Kier alpha value is -0.850. The number of rotatable bonds is 1. The lowest BCUT2D eigenvalue weighted by Gasteiger charge is -2.06. The minimum atomic E-state index is -4.43. The molecule has 1 unspecified atom stereocenters. The molecule has 1 rings (SSSR count). The van der Waals surface area contributed by atoms with E-state index in [1.165, 1.54) is 0 Å². The van der Waals surface area contributed by atoms with Gasteiger partial charge in [-0.3, -0.25) is 5.43 Å². The maximum Gasteiger partial charge on any atom is 0.451 e. The predicted octanol–water partition coefficient (Wildman–Crippen LogP) is 0.381. The molecule has 0 saturated heterocycles. The topological polar surface area (TPSA) is 36.4 Å². The minimum absolute atomic E-state index is 0.693. The van der Waals surface area contributed by atoms with Gasteiger partial charge in [-0.25, -0.2) is 0 Å². The molecule has 11 heavy (non-hydrogen) atoms. The van der Waals surface area contributed by atoms with Crippen LogP contribution in [0.5, 0.6) is 0 Å². The molecule has 1 atom stereocenters. The van der Waals surface area contributed by atoms with E-state index in [1.54, 1.807) is 0 Å². The van der Waals surface area contributed by atoms with E-state index in [0.29, 0.717) is 0 Å². The van der Waals surface area contributed by atoms with Gasteiger partial charge in [-0.05, 0) is 0 Å². The average molecular weight is 183 g/mol. The first-order valence-corrected chi connectivity index (χ1v) is 3.13. The van der Waals surface area contributed by atoms with Crippen LogP contribution in [0, 0.1) is 0 Å². The van der Waals surface area contributed by atoms with E-state index in [0.717, 1.165) is 5.37 Å². The Kier molecular flexibility index (Phi) is 1.99. The quantitative estimate of drug-likeness (QED) is 0.577. The third-order valence-corrected chi connectivity index (χ3v) is 1.28. The molecule has 0 aliphatic carbocycles. The van der Waals surface area contributed by atoms with Crippen LogP contribution >= 0.6 is 12.2 Å². The molecule has 0 aromatic rings. The third kappa shape index (κ3) is 1.79. The van der Waals surface area contributed by atoms with Gasteiger partial charge in [0.15, 0.2) is 0 Å². The van der Waals surface area contributed by atoms with E-state index < -0.39 is 18.2 Å². The number of hydrogen-bond acceptors (Lipinski definition) is 4. The Labute approximate surface area is 65.6 Å². The van der Waals surface area contributed by atoms with Crippen molar-refractivity contribution in [2.45, 2.75) is 12.3 Å². The molecule has 0 amide bonds. The SMILES string of the molecule is FC(F)(F)C1=NNC(C=S)N1. The molecule has 0 radical (unpaired) electrons. The van der Waals surface area contributed by atoms with Crippen LogP contribution in [0.1, 0.15) is 0 Å². The highest BCUT2D eigenvalue weighted by Crippen LogP contribution is 2.17. The second-order valence-electron chi connectivity index (χ2n) is 1.85. The standard InChI is InChI=1S/C4H4F3N3S/c5-4(6,7)3-8-2(1-11)9-10-3/h1-2,9H,(H,8,10). The monoisotopic (exact) mass is 183 g/mol. The average Bonchev–Trinajstić information content (AvgIpc) is 2.32. The molecule has 2 N–H and O–H groups in total. The molecule has 0 bridgehead atoms. The molecule has 0 aromatic carbocycles. The van der Waals surface area contributed by atoms with Crippen LogP contribution in [0.3, 0.4) is 0 Å². The Balaban J connectivity index is 2.59. The van der Waals surface area contributed by atoms with Gasteiger partial charge in [-0.15, -0.1) is 0 Å². The Morgan fingerprint density at radius 2 is 2.18 bits per heavy atom. The van der Waals surface area contributed by atoms with Crippen LogP contribution < -0.4 is 10.7 Å². The molecule has 1 aliphatic rings. The van der Waals surface area contributed by atoms with Gasteiger partial charge in [-0.1, -0.05) is 12.2 Å². The van der Waals surface area contributed by atoms with Crippen molar-refractivity contribution in [3.05, 3.63) is 0 Å². The van der Waals surface area contributed by atoms with Gasteiger partial charge in [0.25, 0.3) is 0 Å². The normalized spacial score (nSPS) is 23.5. The summed E-state index contributed by atoms with van der Waals surface area (Å²) in [5.74, 6) is -1.04. The summed E-state index contributed by atoms with van der Waals surface area (Å²) in [4.78, 5) is 0. The third-order valence-electron chi connectivity index (χ3n) is 1.01. The molecule has 62 valence electrons. The Morgan fingerprint density at radius 1 is 1.55 bits per heavy atom. The molecular weight excluding hydrogens is 179 g/mol. The van der Waals surface area contributed by atoms with Crippen molar-refractivity contribution in [3.63, 3.8) is 0 Å². The number of amidine groups is 1. The van der Waals surface area contributed by atoms with E-state index in [-0.39, 0.29) is 0 Å². The summed E-state index contributed by atoms with van der Waals surface area (Å²) in [6.07, 6.45) is -5.12. The summed E-state index contributed by atoms with van der Waals surface area (Å²) in [5, 5.41) is 6.15. The summed E-state index contributed by atoms with van der Waals surface area (Å²) in [6, 6.07) is 0. The second kappa shape index (κ2) is 2.65. The van der Waals surface area contributed by atoms with Gasteiger partial charge < -0.3 is 5.32 Å². The number of alkyl halides is 3. The van der Waals surface area contributed by atoms with E-state index >= 15 is 0 Å². The number of hydrazone groups is 1. The lowest BCUT2D eigenvalue weighted by atomic mass is 10.5. The van der Waals surface area contributed by atoms with Crippen molar-refractivity contribution in [2.75, 3.05) is 0 Å². The number of halogens is 3. The zero-order valence-corrected chi connectivity index (χ0v) is 5.96. The minimum Gasteiger partial charge on any atom is -0.339 e. The summed E-state index contributed by atoms with van der Waals surface area (Å²) in [6.45, 7) is 0. The van der Waals surface area contributed by atoms with E-state index in [9.17, 15) is 13.2 Å². The first-order valence-electron chi connectivity index (χ1n) is 2.66. The summed E-state index contributed by atoms with van der Waals surface area (Å²) in [5.41, 5.74) is 2.16. The first kappa shape index (κ1) is 8.25. The van der Waals surface area contributed by atoms with Crippen LogP contribution in [-0.2, 0) is 0 Å². The molecule has 0 saturated carbocycles. The zero-order valence-electron chi connectivity index (χ0n) is 5.14. The van der Waals surface area contributed by atoms with Gasteiger partial charge in [-0.2, -0.15) is 18.3 Å². The van der Waals surface area contributed by atoms with Gasteiger partial charge in [0.05, 0.1) is 0 Å². The zero-order chi connectivity index (χ0) is 8.48. The molecule has 0 spiro atoms. The van der Waals surface area contributed by atoms with Crippen molar-refractivity contribution in [2.24, 2.45) is 5.10 Å². The number of nitrogens with one attached hydrogen (secondary N) is 2. The van der Waals surface area contributed by atoms with Gasteiger partial charge in [0.1, 0.15) is 6.17 Å². The van der Waals surface area contributed by atoms with Crippen molar-refractivity contribution in [1.29, 1.82) is 0 Å². The fraction of sp³-hybridized carbons (Fsp3) is 0.500. The Bertz CT molecular complexity index is 199. The molecular formula is C4H4F3N3S. The van der Waals surface area contributed by atoms with Gasteiger partial charge in [0.2, 0.25) is 5.84 Å². The van der Waals surface area contributed by atoms with Crippen molar-refractivity contribution >= 4 is 23.4 Å². The molecule has 1 aliphatic heterocycles. The summed E-state index contributed by atoms with van der Waals surface area (Å²) in [7, 11) is 0. The number of thiocarbonyl (C=S) groups is 1. The maximum atomic E-state index is 11.8. The molecule has 1 heterocycles. The number of hydrogen-bond donors (Lipinski definition) is 2. The molecule has 0 fully saturated rings. The summed E-state index contributed by atoms with van der Waals surface area (Å²) >= 11 is 4.40. The lowest BCUT2D eigenvalue weighted by Crippen LogP contribution is -2.41.